The maximum Gasteiger partial charge on any atom is 0.246 e. The van der Waals surface area contributed by atoms with Crippen molar-refractivity contribution >= 4 is 17.7 Å². The third-order valence-electron chi connectivity index (χ3n) is 7.00. The molecular formula is C20H27N3O4. The van der Waals surface area contributed by atoms with Crippen molar-refractivity contribution in [2.24, 2.45) is 11.8 Å². The van der Waals surface area contributed by atoms with E-state index in [1.807, 2.05) is 12.2 Å². The number of rotatable bonds is 4. The molecule has 2 bridgehead atoms. The van der Waals surface area contributed by atoms with Crippen LogP contribution in [0.3, 0.4) is 0 Å². The van der Waals surface area contributed by atoms with E-state index in [0.717, 1.165) is 38.5 Å². The van der Waals surface area contributed by atoms with Gasteiger partial charge in [-0.1, -0.05) is 31.4 Å². The molecule has 7 nitrogen and oxygen atoms in total. The zero-order valence-electron chi connectivity index (χ0n) is 15.6. The van der Waals surface area contributed by atoms with Crippen molar-refractivity contribution < 1.29 is 19.1 Å². The van der Waals surface area contributed by atoms with Gasteiger partial charge < -0.3 is 20.3 Å². The summed E-state index contributed by atoms with van der Waals surface area (Å²) in [6.07, 6.45) is 10.6. The van der Waals surface area contributed by atoms with Gasteiger partial charge in [0, 0.05) is 19.1 Å². The molecule has 27 heavy (non-hydrogen) atoms. The molecule has 0 aromatic rings. The fraction of sp³-hybridized carbons (Fsp3) is 0.750. The fourth-order valence-electron chi connectivity index (χ4n) is 5.65. The van der Waals surface area contributed by atoms with Gasteiger partial charge in [-0.3, -0.25) is 14.4 Å². The highest BCUT2D eigenvalue weighted by atomic mass is 16.5. The van der Waals surface area contributed by atoms with E-state index >= 15 is 0 Å². The fourth-order valence-corrected chi connectivity index (χ4v) is 5.65. The average molecular weight is 373 g/mol. The summed E-state index contributed by atoms with van der Waals surface area (Å²) in [5.74, 6) is -1.56. The van der Waals surface area contributed by atoms with Crippen LogP contribution < -0.4 is 10.6 Å². The van der Waals surface area contributed by atoms with Crippen molar-refractivity contribution in [2.45, 2.75) is 74.8 Å². The zero-order valence-corrected chi connectivity index (χ0v) is 15.6. The first kappa shape index (κ1) is 17.2. The average Bonchev–Trinajstić information content (AvgIpc) is 3.27. The zero-order chi connectivity index (χ0) is 18.8. The van der Waals surface area contributed by atoms with Crippen LogP contribution in [0.25, 0.3) is 0 Å². The Morgan fingerprint density at radius 2 is 1.89 bits per heavy atom. The van der Waals surface area contributed by atoms with Crippen LogP contribution in [0.2, 0.25) is 0 Å². The third kappa shape index (κ3) is 2.40. The van der Waals surface area contributed by atoms with E-state index in [9.17, 15) is 14.4 Å². The van der Waals surface area contributed by atoms with E-state index < -0.39 is 29.6 Å². The molecule has 2 saturated carbocycles. The van der Waals surface area contributed by atoms with Gasteiger partial charge in [0.15, 0.2) is 0 Å². The maximum atomic E-state index is 13.4. The quantitative estimate of drug-likeness (QED) is 0.703. The standard InChI is InChI=1S/C20H27N3O4/c1-21-17(24)14-13-9-10-20(27-13)15(14)19(26)23(12-7-8-12)16(20)18(25)22-11-5-3-2-4-6-11/h9-16H,2-8H2,1H3,(H,21,24)(H,22,25)/t13-,14+,15-,16+,20-/m0/s1. The van der Waals surface area contributed by atoms with Crippen LogP contribution in [0.5, 0.6) is 0 Å². The second kappa shape index (κ2) is 6.06. The number of ether oxygens (including phenoxy) is 1. The predicted octanol–water partition coefficient (Wildman–Crippen LogP) is 0.494. The SMILES string of the molecule is CNC(=O)[C@@H]1[C@@H]2C=C[C@]3(O2)[C@@H]1C(=O)N(C1CC1)[C@@H]3C(=O)NC1CCCCC1. The van der Waals surface area contributed by atoms with Crippen LogP contribution >= 0.6 is 0 Å². The molecule has 3 aliphatic heterocycles. The number of hydrogen-bond donors (Lipinski definition) is 2. The number of nitrogens with zero attached hydrogens (tertiary/aromatic N) is 1. The van der Waals surface area contributed by atoms with E-state index in [1.54, 1.807) is 11.9 Å². The molecule has 5 atom stereocenters. The van der Waals surface area contributed by atoms with E-state index in [1.165, 1.54) is 6.42 Å². The lowest BCUT2D eigenvalue weighted by Crippen LogP contribution is -2.57. The van der Waals surface area contributed by atoms with Gasteiger partial charge in [-0.2, -0.15) is 0 Å². The van der Waals surface area contributed by atoms with Crippen molar-refractivity contribution in [2.75, 3.05) is 7.05 Å². The van der Waals surface area contributed by atoms with Crippen molar-refractivity contribution in [1.29, 1.82) is 0 Å². The number of amides is 3. The third-order valence-corrected chi connectivity index (χ3v) is 7.00. The number of carbonyl (C=O) groups excluding carboxylic acids is 3. The molecule has 0 aromatic heterocycles. The van der Waals surface area contributed by atoms with Gasteiger partial charge in [0.2, 0.25) is 17.7 Å². The molecular weight excluding hydrogens is 346 g/mol. The monoisotopic (exact) mass is 373 g/mol. The number of carbonyl (C=O) groups is 3. The van der Waals surface area contributed by atoms with Crippen molar-refractivity contribution in [3.8, 4) is 0 Å². The Morgan fingerprint density at radius 3 is 2.56 bits per heavy atom. The Bertz CT molecular complexity index is 712. The second-order valence-corrected chi connectivity index (χ2v) is 8.64. The first-order valence-electron chi connectivity index (χ1n) is 10.3. The summed E-state index contributed by atoms with van der Waals surface area (Å²) in [4.78, 5) is 40.9. The molecule has 0 unspecified atom stereocenters. The van der Waals surface area contributed by atoms with Crippen LogP contribution in [0, 0.1) is 11.8 Å². The van der Waals surface area contributed by atoms with Crippen LogP contribution in [0.4, 0.5) is 0 Å². The minimum Gasteiger partial charge on any atom is -0.359 e. The second-order valence-electron chi connectivity index (χ2n) is 8.64. The molecule has 4 fully saturated rings. The van der Waals surface area contributed by atoms with Crippen LogP contribution in [0.1, 0.15) is 44.9 Å². The highest BCUT2D eigenvalue weighted by Gasteiger charge is 2.74. The predicted molar refractivity (Wildman–Crippen MR) is 96.5 cm³/mol. The van der Waals surface area contributed by atoms with Crippen molar-refractivity contribution in [3.63, 3.8) is 0 Å². The molecule has 5 rings (SSSR count). The molecule has 3 amide bonds. The summed E-state index contributed by atoms with van der Waals surface area (Å²) in [6.45, 7) is 0. The normalized spacial score (nSPS) is 40.3. The number of likely N-dealkylation sites (tertiary alicyclic amines) is 1. The first-order valence-corrected chi connectivity index (χ1v) is 10.3. The highest BCUT2D eigenvalue weighted by molar-refractivity contribution is 6.00. The number of hydrogen-bond acceptors (Lipinski definition) is 4. The molecule has 2 aliphatic carbocycles. The van der Waals surface area contributed by atoms with Crippen LogP contribution in [-0.4, -0.2) is 59.5 Å². The highest BCUT2D eigenvalue weighted by Crippen LogP contribution is 2.56. The summed E-state index contributed by atoms with van der Waals surface area (Å²) in [6, 6.07) is -0.392. The van der Waals surface area contributed by atoms with Crippen LogP contribution in [0.15, 0.2) is 12.2 Å². The number of fused-ring (bicyclic) bond motifs is 1. The lowest BCUT2D eigenvalue weighted by atomic mass is 9.74. The molecule has 3 heterocycles. The van der Waals surface area contributed by atoms with Gasteiger partial charge in [0.1, 0.15) is 11.6 Å². The van der Waals surface area contributed by atoms with Crippen LogP contribution in [-0.2, 0) is 19.1 Å². The topological polar surface area (TPSA) is 87.7 Å². The Morgan fingerprint density at radius 1 is 1.15 bits per heavy atom. The summed E-state index contributed by atoms with van der Waals surface area (Å²) < 4.78 is 6.23. The molecule has 7 heteroatoms. The molecule has 0 radical (unpaired) electrons. The lowest BCUT2D eigenvalue weighted by Gasteiger charge is -2.34. The molecule has 5 aliphatic rings. The van der Waals surface area contributed by atoms with E-state index in [0.29, 0.717) is 0 Å². The lowest BCUT2D eigenvalue weighted by molar-refractivity contribution is -0.142. The van der Waals surface area contributed by atoms with Gasteiger partial charge in [-0.15, -0.1) is 0 Å². The van der Waals surface area contributed by atoms with E-state index in [-0.39, 0.29) is 29.8 Å². The molecule has 2 saturated heterocycles. The summed E-state index contributed by atoms with van der Waals surface area (Å²) >= 11 is 0. The minimum atomic E-state index is -1.000. The van der Waals surface area contributed by atoms with E-state index in [4.69, 9.17) is 4.74 Å². The summed E-state index contributed by atoms with van der Waals surface area (Å²) in [5, 5.41) is 5.86. The van der Waals surface area contributed by atoms with Gasteiger partial charge >= 0.3 is 0 Å². The Balaban J connectivity index is 1.48. The van der Waals surface area contributed by atoms with Gasteiger partial charge in [0.05, 0.1) is 17.9 Å². The largest absolute Gasteiger partial charge is 0.359 e. The van der Waals surface area contributed by atoms with E-state index in [2.05, 4.69) is 10.6 Å². The number of nitrogens with one attached hydrogen (secondary N) is 2. The minimum absolute atomic E-state index is 0.0956. The molecule has 146 valence electrons. The Kier molecular flexibility index (Phi) is 3.86. The maximum absolute atomic E-state index is 13.4. The van der Waals surface area contributed by atoms with Crippen molar-refractivity contribution in [1.82, 2.24) is 15.5 Å². The van der Waals surface area contributed by atoms with Gasteiger partial charge in [0.25, 0.3) is 0 Å². The summed E-state index contributed by atoms with van der Waals surface area (Å²) in [7, 11) is 1.58. The smallest absolute Gasteiger partial charge is 0.246 e. The summed E-state index contributed by atoms with van der Waals surface area (Å²) in [5.41, 5.74) is -1.000. The molecule has 0 aromatic carbocycles. The molecule has 1 spiro atoms. The Hall–Kier alpha value is -1.89. The van der Waals surface area contributed by atoms with Crippen molar-refractivity contribution in [3.05, 3.63) is 12.2 Å². The van der Waals surface area contributed by atoms with Gasteiger partial charge in [-0.05, 0) is 25.7 Å². The van der Waals surface area contributed by atoms with Gasteiger partial charge in [-0.25, -0.2) is 0 Å². The first-order chi connectivity index (χ1) is 13.1. The molecule has 2 N–H and O–H groups in total. The Labute approximate surface area is 158 Å².